The summed E-state index contributed by atoms with van der Waals surface area (Å²) in [6.07, 6.45) is 7.00. The van der Waals surface area contributed by atoms with Gasteiger partial charge < -0.3 is 5.73 Å². The molecule has 0 aromatic heterocycles. The van der Waals surface area contributed by atoms with Crippen molar-refractivity contribution in [1.29, 1.82) is 0 Å². The monoisotopic (exact) mass is 157 g/mol. The molecule has 0 radical (unpaired) electrons. The standard InChI is InChI=1S/C8H12ClN/c1-6(10)7-2-4-8(9)5-3-7/h2-4,6,8H,5,10H2,1H3. The molecule has 1 rings (SSSR count). The van der Waals surface area contributed by atoms with Crippen LogP contribution in [0.3, 0.4) is 0 Å². The molecule has 2 unspecified atom stereocenters. The Kier molecular flexibility index (Phi) is 2.52. The van der Waals surface area contributed by atoms with E-state index in [9.17, 15) is 0 Å². The summed E-state index contributed by atoms with van der Waals surface area (Å²) >= 11 is 5.81. The van der Waals surface area contributed by atoms with Gasteiger partial charge in [-0.2, -0.15) is 0 Å². The van der Waals surface area contributed by atoms with E-state index >= 15 is 0 Å². The summed E-state index contributed by atoms with van der Waals surface area (Å²) in [6.45, 7) is 1.98. The Morgan fingerprint density at radius 3 is 2.90 bits per heavy atom. The lowest BCUT2D eigenvalue weighted by Crippen LogP contribution is -2.18. The number of allylic oxidation sites excluding steroid dienone is 2. The molecule has 0 aliphatic heterocycles. The van der Waals surface area contributed by atoms with Crippen molar-refractivity contribution in [3.63, 3.8) is 0 Å². The molecule has 0 heterocycles. The van der Waals surface area contributed by atoms with Crippen molar-refractivity contribution >= 4 is 11.6 Å². The van der Waals surface area contributed by atoms with Crippen LogP contribution < -0.4 is 5.73 Å². The maximum absolute atomic E-state index is 5.81. The van der Waals surface area contributed by atoms with Gasteiger partial charge in [0.05, 0.1) is 5.38 Å². The Labute approximate surface area is 66.6 Å². The summed E-state index contributed by atoms with van der Waals surface area (Å²) in [6, 6.07) is 0.139. The molecule has 0 saturated heterocycles. The molecule has 56 valence electrons. The van der Waals surface area contributed by atoms with Gasteiger partial charge in [0.15, 0.2) is 0 Å². The summed E-state index contributed by atoms with van der Waals surface area (Å²) in [4.78, 5) is 0. The molecular weight excluding hydrogens is 146 g/mol. The minimum absolute atomic E-state index is 0.139. The minimum atomic E-state index is 0.139. The van der Waals surface area contributed by atoms with E-state index in [4.69, 9.17) is 17.3 Å². The van der Waals surface area contributed by atoms with Gasteiger partial charge in [-0.3, -0.25) is 0 Å². The first-order valence-corrected chi connectivity index (χ1v) is 3.91. The van der Waals surface area contributed by atoms with Gasteiger partial charge >= 0.3 is 0 Å². The smallest absolute Gasteiger partial charge is 0.0553 e. The van der Waals surface area contributed by atoms with Gasteiger partial charge in [-0.15, -0.1) is 11.6 Å². The van der Waals surface area contributed by atoms with Crippen molar-refractivity contribution in [2.75, 3.05) is 0 Å². The normalized spacial score (nSPS) is 27.9. The lowest BCUT2D eigenvalue weighted by Gasteiger charge is -2.12. The second-order valence-corrected chi connectivity index (χ2v) is 3.16. The third-order valence-electron chi connectivity index (χ3n) is 1.60. The molecular formula is C8H12ClN. The van der Waals surface area contributed by atoms with E-state index in [-0.39, 0.29) is 11.4 Å². The maximum Gasteiger partial charge on any atom is 0.0553 e. The number of halogens is 1. The molecule has 2 heteroatoms. The fourth-order valence-corrected chi connectivity index (χ4v) is 1.11. The molecule has 2 atom stereocenters. The highest BCUT2D eigenvalue weighted by Crippen LogP contribution is 2.16. The average Bonchev–Trinajstić information content (AvgIpc) is 1.88. The van der Waals surface area contributed by atoms with Gasteiger partial charge in [-0.25, -0.2) is 0 Å². The lowest BCUT2D eigenvalue weighted by atomic mass is 10.0. The van der Waals surface area contributed by atoms with Crippen LogP contribution in [0.25, 0.3) is 0 Å². The van der Waals surface area contributed by atoms with Crippen LogP contribution in [0.4, 0.5) is 0 Å². The van der Waals surface area contributed by atoms with E-state index in [0.29, 0.717) is 0 Å². The van der Waals surface area contributed by atoms with E-state index in [1.165, 1.54) is 5.57 Å². The molecule has 0 fully saturated rings. The van der Waals surface area contributed by atoms with Crippen molar-refractivity contribution in [2.24, 2.45) is 5.73 Å². The zero-order valence-corrected chi connectivity index (χ0v) is 6.81. The molecule has 0 spiro atoms. The quantitative estimate of drug-likeness (QED) is 0.578. The van der Waals surface area contributed by atoms with Crippen molar-refractivity contribution < 1.29 is 0 Å². The molecule has 0 amide bonds. The van der Waals surface area contributed by atoms with Crippen LogP contribution in [0, 0.1) is 0 Å². The molecule has 1 aliphatic carbocycles. The first kappa shape index (κ1) is 7.83. The summed E-state index contributed by atoms with van der Waals surface area (Å²) in [7, 11) is 0. The Morgan fingerprint density at radius 2 is 2.50 bits per heavy atom. The van der Waals surface area contributed by atoms with Crippen molar-refractivity contribution in [1.82, 2.24) is 0 Å². The van der Waals surface area contributed by atoms with E-state index in [1.807, 2.05) is 19.1 Å². The molecule has 0 aromatic carbocycles. The van der Waals surface area contributed by atoms with Gasteiger partial charge in [0.25, 0.3) is 0 Å². The number of hydrogen-bond donors (Lipinski definition) is 1. The molecule has 0 saturated carbocycles. The molecule has 0 bridgehead atoms. The number of rotatable bonds is 1. The Balaban J connectivity index is 2.59. The summed E-state index contributed by atoms with van der Waals surface area (Å²) in [5.41, 5.74) is 6.84. The van der Waals surface area contributed by atoms with E-state index in [0.717, 1.165) is 6.42 Å². The Hall–Kier alpha value is -0.270. The third-order valence-corrected chi connectivity index (χ3v) is 1.93. The van der Waals surface area contributed by atoms with E-state index in [1.54, 1.807) is 0 Å². The fourth-order valence-electron chi connectivity index (χ4n) is 0.948. The van der Waals surface area contributed by atoms with Crippen LogP contribution >= 0.6 is 11.6 Å². The highest BCUT2D eigenvalue weighted by molar-refractivity contribution is 6.22. The number of alkyl halides is 1. The molecule has 1 nitrogen and oxygen atoms in total. The SMILES string of the molecule is CC(N)C1=CCC(Cl)C=C1. The largest absolute Gasteiger partial charge is 0.324 e. The first-order chi connectivity index (χ1) is 4.70. The van der Waals surface area contributed by atoms with Crippen LogP contribution in [0.5, 0.6) is 0 Å². The summed E-state index contributed by atoms with van der Waals surface area (Å²) < 4.78 is 0. The molecule has 0 aromatic rings. The van der Waals surface area contributed by atoms with Gasteiger partial charge in [-0.05, 0) is 18.9 Å². The van der Waals surface area contributed by atoms with Crippen LogP contribution in [-0.2, 0) is 0 Å². The Bertz CT molecular complexity index is 170. The van der Waals surface area contributed by atoms with Gasteiger partial charge in [0.2, 0.25) is 0 Å². The second-order valence-electron chi connectivity index (χ2n) is 2.60. The van der Waals surface area contributed by atoms with Crippen LogP contribution in [-0.4, -0.2) is 11.4 Å². The van der Waals surface area contributed by atoms with Gasteiger partial charge in [0, 0.05) is 6.04 Å². The predicted octanol–water partition coefficient (Wildman–Crippen LogP) is 1.83. The maximum atomic E-state index is 5.81. The van der Waals surface area contributed by atoms with E-state index in [2.05, 4.69) is 6.08 Å². The molecule has 10 heavy (non-hydrogen) atoms. The van der Waals surface area contributed by atoms with Crippen molar-refractivity contribution in [2.45, 2.75) is 24.8 Å². The summed E-state index contributed by atoms with van der Waals surface area (Å²) in [5, 5.41) is 0.169. The number of nitrogens with two attached hydrogens (primary N) is 1. The predicted molar refractivity (Wildman–Crippen MR) is 45.1 cm³/mol. The zero-order chi connectivity index (χ0) is 7.56. The average molecular weight is 158 g/mol. The van der Waals surface area contributed by atoms with E-state index < -0.39 is 0 Å². The molecule has 2 N–H and O–H groups in total. The first-order valence-electron chi connectivity index (χ1n) is 3.48. The van der Waals surface area contributed by atoms with Crippen LogP contribution in [0.2, 0.25) is 0 Å². The van der Waals surface area contributed by atoms with Crippen molar-refractivity contribution in [3.05, 3.63) is 23.8 Å². The lowest BCUT2D eigenvalue weighted by molar-refractivity contribution is 0.857. The zero-order valence-electron chi connectivity index (χ0n) is 6.05. The Morgan fingerprint density at radius 1 is 1.80 bits per heavy atom. The molecule has 1 aliphatic rings. The highest BCUT2D eigenvalue weighted by atomic mass is 35.5. The van der Waals surface area contributed by atoms with Crippen LogP contribution in [0.1, 0.15) is 13.3 Å². The summed E-state index contributed by atoms with van der Waals surface area (Å²) in [5.74, 6) is 0. The topological polar surface area (TPSA) is 26.0 Å². The van der Waals surface area contributed by atoms with Crippen molar-refractivity contribution in [3.8, 4) is 0 Å². The van der Waals surface area contributed by atoms with Crippen LogP contribution in [0.15, 0.2) is 23.8 Å². The third kappa shape index (κ3) is 1.86. The fraction of sp³-hybridized carbons (Fsp3) is 0.500. The number of hydrogen-bond acceptors (Lipinski definition) is 1. The minimum Gasteiger partial charge on any atom is -0.324 e. The highest BCUT2D eigenvalue weighted by Gasteiger charge is 2.06. The second kappa shape index (κ2) is 3.22. The van der Waals surface area contributed by atoms with Gasteiger partial charge in [-0.1, -0.05) is 18.2 Å². The van der Waals surface area contributed by atoms with Gasteiger partial charge in [0.1, 0.15) is 0 Å².